The smallest absolute Gasteiger partial charge is 0.317 e. The van der Waals surface area contributed by atoms with Crippen molar-refractivity contribution in [1.82, 2.24) is 5.32 Å². The average molecular weight is 173 g/mol. The van der Waals surface area contributed by atoms with Gasteiger partial charge in [0.25, 0.3) is 0 Å². The first-order valence-corrected chi connectivity index (χ1v) is 3.72. The van der Waals surface area contributed by atoms with Gasteiger partial charge in [-0.25, -0.2) is 0 Å². The van der Waals surface area contributed by atoms with Crippen molar-refractivity contribution in [3.8, 4) is 0 Å². The summed E-state index contributed by atoms with van der Waals surface area (Å²) in [4.78, 5) is 20.5. The molecule has 1 saturated carbocycles. The minimum Gasteiger partial charge on any atom is -0.481 e. The van der Waals surface area contributed by atoms with Crippen LogP contribution in [-0.4, -0.2) is 34.7 Å². The molecular formula is C7H11NO4. The van der Waals surface area contributed by atoms with E-state index in [-0.39, 0.29) is 18.5 Å². The fourth-order valence-corrected chi connectivity index (χ4v) is 1.36. The minimum atomic E-state index is -0.960. The Morgan fingerprint density at radius 1 is 1.42 bits per heavy atom. The second kappa shape index (κ2) is 3.10. The maximum atomic E-state index is 10.4. The van der Waals surface area contributed by atoms with E-state index in [1.165, 1.54) is 0 Å². The molecule has 5 heteroatoms. The first-order valence-electron chi connectivity index (χ1n) is 3.72. The zero-order valence-electron chi connectivity index (χ0n) is 6.65. The van der Waals surface area contributed by atoms with Crippen molar-refractivity contribution < 1.29 is 19.8 Å². The lowest BCUT2D eigenvalue weighted by Gasteiger charge is -1.96. The summed E-state index contributed by atoms with van der Waals surface area (Å²) in [5, 5.41) is 19.5. The van der Waals surface area contributed by atoms with Crippen molar-refractivity contribution >= 4 is 11.9 Å². The monoisotopic (exact) mass is 173 g/mol. The van der Waals surface area contributed by atoms with Crippen LogP contribution in [0.25, 0.3) is 0 Å². The van der Waals surface area contributed by atoms with Crippen LogP contribution in [0.5, 0.6) is 0 Å². The lowest BCUT2D eigenvalue weighted by molar-refractivity contribution is -0.139. The molecule has 1 rings (SSSR count). The van der Waals surface area contributed by atoms with Crippen molar-refractivity contribution in [2.45, 2.75) is 13.0 Å². The average Bonchev–Trinajstić information content (AvgIpc) is 2.57. The Hall–Kier alpha value is -1.10. The number of aliphatic carboxylic acids is 2. The summed E-state index contributed by atoms with van der Waals surface area (Å²) in [7, 11) is 0. The highest BCUT2D eigenvalue weighted by atomic mass is 16.4. The molecule has 5 nitrogen and oxygen atoms in total. The van der Waals surface area contributed by atoms with Crippen molar-refractivity contribution in [1.29, 1.82) is 0 Å². The number of rotatable bonds is 4. The van der Waals surface area contributed by atoms with Gasteiger partial charge in [0.2, 0.25) is 0 Å². The van der Waals surface area contributed by atoms with Gasteiger partial charge in [0, 0.05) is 6.04 Å². The summed E-state index contributed by atoms with van der Waals surface area (Å²) in [5.74, 6) is -2.19. The van der Waals surface area contributed by atoms with E-state index in [2.05, 4.69) is 5.32 Å². The van der Waals surface area contributed by atoms with Crippen molar-refractivity contribution in [3.63, 3.8) is 0 Å². The number of carbonyl (C=O) groups is 2. The van der Waals surface area contributed by atoms with Crippen LogP contribution < -0.4 is 5.32 Å². The van der Waals surface area contributed by atoms with E-state index in [9.17, 15) is 9.59 Å². The molecule has 0 radical (unpaired) electrons. The van der Waals surface area contributed by atoms with Crippen LogP contribution in [-0.2, 0) is 9.59 Å². The van der Waals surface area contributed by atoms with Crippen LogP contribution in [0.4, 0.5) is 0 Å². The molecule has 0 aromatic carbocycles. The van der Waals surface area contributed by atoms with E-state index in [1.807, 2.05) is 0 Å². The number of carboxylic acid groups (broad SMARTS) is 2. The third-order valence-corrected chi connectivity index (χ3v) is 2.15. The van der Waals surface area contributed by atoms with Crippen molar-refractivity contribution in [3.05, 3.63) is 0 Å². The second-order valence-electron chi connectivity index (χ2n) is 3.02. The highest BCUT2D eigenvalue weighted by molar-refractivity contribution is 5.75. The standard InChI is InChI=1S/C7H11NO4/c1-3-5(7(11)12)6(3)8-2-4(9)10/h3,5-6,8H,2H2,1H3,(H,9,10)(H,11,12). The van der Waals surface area contributed by atoms with Gasteiger partial charge in [-0.3, -0.25) is 9.59 Å². The van der Waals surface area contributed by atoms with Gasteiger partial charge in [-0.15, -0.1) is 0 Å². The Morgan fingerprint density at radius 3 is 2.33 bits per heavy atom. The number of hydrogen-bond donors (Lipinski definition) is 3. The van der Waals surface area contributed by atoms with Crippen LogP contribution >= 0.6 is 0 Å². The Labute approximate surface area is 69.4 Å². The SMILES string of the molecule is CC1C(NCC(=O)O)C1C(=O)O. The highest BCUT2D eigenvalue weighted by Crippen LogP contribution is 2.38. The minimum absolute atomic E-state index is 0.0434. The Kier molecular flexibility index (Phi) is 2.32. The van der Waals surface area contributed by atoms with Gasteiger partial charge in [0.1, 0.15) is 0 Å². The predicted molar refractivity (Wildman–Crippen MR) is 39.7 cm³/mol. The van der Waals surface area contributed by atoms with Crippen LogP contribution in [0.15, 0.2) is 0 Å². The molecule has 0 saturated heterocycles. The van der Waals surface area contributed by atoms with Gasteiger partial charge >= 0.3 is 11.9 Å². The molecule has 3 unspecified atom stereocenters. The van der Waals surface area contributed by atoms with Crippen molar-refractivity contribution in [2.75, 3.05) is 6.54 Å². The third kappa shape index (κ3) is 1.73. The molecule has 0 bridgehead atoms. The van der Waals surface area contributed by atoms with E-state index >= 15 is 0 Å². The van der Waals surface area contributed by atoms with Crippen LogP contribution in [0.1, 0.15) is 6.92 Å². The second-order valence-corrected chi connectivity index (χ2v) is 3.02. The molecule has 68 valence electrons. The Balaban J connectivity index is 2.29. The maximum Gasteiger partial charge on any atom is 0.317 e. The molecule has 1 fully saturated rings. The van der Waals surface area contributed by atoms with Crippen LogP contribution in [0.2, 0.25) is 0 Å². The van der Waals surface area contributed by atoms with Gasteiger partial charge in [0.15, 0.2) is 0 Å². The van der Waals surface area contributed by atoms with E-state index in [0.29, 0.717) is 0 Å². The predicted octanol–water partition coefficient (Wildman–Crippen LogP) is -0.620. The molecule has 3 atom stereocenters. The maximum absolute atomic E-state index is 10.4. The lowest BCUT2D eigenvalue weighted by atomic mass is 10.3. The summed E-state index contributed by atoms with van der Waals surface area (Å²) in [6.07, 6.45) is 0. The molecule has 12 heavy (non-hydrogen) atoms. The molecule has 0 amide bonds. The Morgan fingerprint density at radius 2 is 2.00 bits per heavy atom. The lowest BCUT2D eigenvalue weighted by Crippen LogP contribution is -2.27. The van der Waals surface area contributed by atoms with E-state index in [1.54, 1.807) is 6.92 Å². The zero-order chi connectivity index (χ0) is 9.30. The quantitative estimate of drug-likeness (QED) is 0.527. The number of nitrogens with one attached hydrogen (secondary N) is 1. The van der Waals surface area contributed by atoms with E-state index < -0.39 is 17.9 Å². The summed E-state index contributed by atoms with van der Waals surface area (Å²) in [6, 6.07) is -0.168. The first-order chi connectivity index (χ1) is 5.54. The summed E-state index contributed by atoms with van der Waals surface area (Å²) in [6.45, 7) is 1.62. The summed E-state index contributed by atoms with van der Waals surface area (Å²) in [5.41, 5.74) is 0. The summed E-state index contributed by atoms with van der Waals surface area (Å²) < 4.78 is 0. The fraction of sp³-hybridized carbons (Fsp3) is 0.714. The molecule has 0 aliphatic heterocycles. The molecule has 0 heterocycles. The molecule has 0 aromatic rings. The largest absolute Gasteiger partial charge is 0.481 e. The van der Waals surface area contributed by atoms with Gasteiger partial charge in [-0.1, -0.05) is 6.92 Å². The van der Waals surface area contributed by atoms with Gasteiger partial charge in [-0.2, -0.15) is 0 Å². The van der Waals surface area contributed by atoms with Crippen LogP contribution in [0, 0.1) is 11.8 Å². The topological polar surface area (TPSA) is 86.6 Å². The summed E-state index contributed by atoms with van der Waals surface area (Å²) >= 11 is 0. The first kappa shape index (κ1) is 8.99. The van der Waals surface area contributed by atoms with Gasteiger partial charge in [0.05, 0.1) is 12.5 Å². The van der Waals surface area contributed by atoms with E-state index in [4.69, 9.17) is 10.2 Å². The fourth-order valence-electron chi connectivity index (χ4n) is 1.36. The third-order valence-electron chi connectivity index (χ3n) is 2.15. The van der Waals surface area contributed by atoms with Gasteiger partial charge < -0.3 is 15.5 Å². The Bertz CT molecular complexity index is 215. The molecular weight excluding hydrogens is 162 g/mol. The molecule has 0 spiro atoms. The zero-order valence-corrected chi connectivity index (χ0v) is 6.65. The number of hydrogen-bond acceptors (Lipinski definition) is 3. The molecule has 1 aliphatic rings. The molecule has 3 N–H and O–H groups in total. The molecule has 0 aromatic heterocycles. The van der Waals surface area contributed by atoms with Gasteiger partial charge in [-0.05, 0) is 5.92 Å². The highest BCUT2D eigenvalue weighted by Gasteiger charge is 2.51. The van der Waals surface area contributed by atoms with Crippen molar-refractivity contribution in [2.24, 2.45) is 11.8 Å². The molecule has 1 aliphatic carbocycles. The van der Waals surface area contributed by atoms with Crippen LogP contribution in [0.3, 0.4) is 0 Å². The van der Waals surface area contributed by atoms with E-state index in [0.717, 1.165) is 0 Å². The normalized spacial score (nSPS) is 32.9. The number of carboxylic acids is 2.